The second-order valence-electron chi connectivity index (χ2n) is 5.49. The van der Waals surface area contributed by atoms with Crippen molar-refractivity contribution in [1.29, 1.82) is 0 Å². The number of aliphatic carboxylic acids is 3. The van der Waals surface area contributed by atoms with Gasteiger partial charge in [-0.2, -0.15) is 0 Å². The Balaban J connectivity index is 4.64. The number of hydrogen-bond acceptors (Lipinski definition) is 5. The Bertz CT molecular complexity index is 503. The largest absolute Gasteiger partial charge is 0.481 e. The molecule has 24 heavy (non-hydrogen) atoms. The quantitative estimate of drug-likeness (QED) is 0.349. The van der Waals surface area contributed by atoms with Crippen molar-refractivity contribution >= 4 is 29.7 Å². The van der Waals surface area contributed by atoms with E-state index in [1.807, 2.05) is 5.32 Å². The van der Waals surface area contributed by atoms with E-state index >= 15 is 0 Å². The van der Waals surface area contributed by atoms with Gasteiger partial charge in [-0.1, -0.05) is 13.8 Å². The van der Waals surface area contributed by atoms with E-state index in [0.29, 0.717) is 0 Å². The third kappa shape index (κ3) is 8.71. The molecule has 0 aliphatic heterocycles. The summed E-state index contributed by atoms with van der Waals surface area (Å²) in [7, 11) is 0. The predicted octanol–water partition coefficient (Wildman–Crippen LogP) is 0.0621. The van der Waals surface area contributed by atoms with Crippen LogP contribution in [0.5, 0.6) is 0 Å². The van der Waals surface area contributed by atoms with E-state index in [2.05, 4.69) is 5.32 Å². The Labute approximate surface area is 138 Å². The van der Waals surface area contributed by atoms with Gasteiger partial charge in [-0.05, 0) is 12.8 Å². The normalized spacial score (nSPS) is 13.0. The summed E-state index contributed by atoms with van der Waals surface area (Å²) in [6.45, 7) is 3.33. The SMILES string of the molecule is CC(C)C(=O)CC[C@@H](NC(=O)NC(CCC(=O)O)C(=O)O)C(=O)O. The highest BCUT2D eigenvalue weighted by atomic mass is 16.4. The lowest BCUT2D eigenvalue weighted by atomic mass is 10.0. The fraction of sp³-hybridized carbons (Fsp3) is 0.643. The molecule has 0 saturated carbocycles. The first-order valence-corrected chi connectivity index (χ1v) is 7.31. The third-order valence-electron chi connectivity index (χ3n) is 3.18. The fourth-order valence-corrected chi connectivity index (χ4v) is 1.72. The van der Waals surface area contributed by atoms with Crippen LogP contribution in [-0.2, 0) is 19.2 Å². The smallest absolute Gasteiger partial charge is 0.326 e. The average Bonchev–Trinajstić information content (AvgIpc) is 2.46. The molecule has 10 heteroatoms. The summed E-state index contributed by atoms with van der Waals surface area (Å²) in [4.78, 5) is 55.7. The van der Waals surface area contributed by atoms with Crippen LogP contribution < -0.4 is 10.6 Å². The second-order valence-corrected chi connectivity index (χ2v) is 5.49. The first kappa shape index (κ1) is 21.4. The van der Waals surface area contributed by atoms with Gasteiger partial charge in [-0.3, -0.25) is 9.59 Å². The lowest BCUT2D eigenvalue weighted by Crippen LogP contribution is -2.51. The lowest BCUT2D eigenvalue weighted by Gasteiger charge is -2.18. The Morgan fingerprint density at radius 1 is 0.792 bits per heavy atom. The number of amides is 2. The van der Waals surface area contributed by atoms with E-state index in [1.165, 1.54) is 0 Å². The lowest BCUT2D eigenvalue weighted by molar-refractivity contribution is -0.141. The van der Waals surface area contributed by atoms with Crippen molar-refractivity contribution in [3.05, 3.63) is 0 Å². The molecule has 0 saturated heterocycles. The van der Waals surface area contributed by atoms with Gasteiger partial charge in [0.2, 0.25) is 0 Å². The molecule has 0 bridgehead atoms. The van der Waals surface area contributed by atoms with Crippen molar-refractivity contribution in [2.45, 2.75) is 51.6 Å². The van der Waals surface area contributed by atoms with E-state index in [9.17, 15) is 24.0 Å². The molecule has 0 aliphatic rings. The minimum Gasteiger partial charge on any atom is -0.481 e. The molecular formula is C14H22N2O8. The zero-order valence-electron chi connectivity index (χ0n) is 13.4. The minimum atomic E-state index is -1.46. The van der Waals surface area contributed by atoms with E-state index in [-0.39, 0.29) is 31.0 Å². The highest BCUT2D eigenvalue weighted by Gasteiger charge is 2.25. The van der Waals surface area contributed by atoms with Gasteiger partial charge in [0, 0.05) is 18.8 Å². The highest BCUT2D eigenvalue weighted by Crippen LogP contribution is 2.06. The molecule has 0 radical (unpaired) electrons. The molecule has 136 valence electrons. The number of carboxylic acids is 3. The van der Waals surface area contributed by atoms with Gasteiger partial charge in [0.1, 0.15) is 17.9 Å². The highest BCUT2D eigenvalue weighted by molar-refractivity contribution is 5.87. The topological polar surface area (TPSA) is 170 Å². The Kier molecular flexibility index (Phi) is 9.06. The van der Waals surface area contributed by atoms with Crippen LogP contribution in [0, 0.1) is 5.92 Å². The van der Waals surface area contributed by atoms with E-state index < -0.39 is 42.4 Å². The number of rotatable bonds is 11. The molecule has 0 rings (SSSR count). The molecule has 0 aromatic heterocycles. The number of urea groups is 1. The van der Waals surface area contributed by atoms with Crippen molar-refractivity contribution in [3.8, 4) is 0 Å². The fourth-order valence-electron chi connectivity index (χ4n) is 1.72. The maximum Gasteiger partial charge on any atom is 0.326 e. The number of hydrogen-bond donors (Lipinski definition) is 5. The van der Waals surface area contributed by atoms with E-state index in [4.69, 9.17) is 15.3 Å². The number of Topliss-reactive ketones (excluding diaryl/α,β-unsaturated/α-hetero) is 1. The summed E-state index contributed by atoms with van der Waals surface area (Å²) in [5.74, 6) is -4.44. The van der Waals surface area contributed by atoms with E-state index in [0.717, 1.165) is 0 Å². The van der Waals surface area contributed by atoms with Crippen LogP contribution in [0.4, 0.5) is 4.79 Å². The van der Waals surface area contributed by atoms with Gasteiger partial charge >= 0.3 is 23.9 Å². The molecule has 0 heterocycles. The maximum absolute atomic E-state index is 11.7. The van der Waals surface area contributed by atoms with Gasteiger partial charge in [0.05, 0.1) is 0 Å². The van der Waals surface area contributed by atoms with Crippen LogP contribution in [0.15, 0.2) is 0 Å². The van der Waals surface area contributed by atoms with Crippen LogP contribution in [0.1, 0.15) is 39.5 Å². The minimum absolute atomic E-state index is 0.0454. The number of nitrogens with one attached hydrogen (secondary N) is 2. The third-order valence-corrected chi connectivity index (χ3v) is 3.18. The van der Waals surface area contributed by atoms with Crippen LogP contribution in [0.3, 0.4) is 0 Å². The summed E-state index contributed by atoms with van der Waals surface area (Å²) in [5.41, 5.74) is 0. The van der Waals surface area contributed by atoms with Crippen molar-refractivity contribution in [1.82, 2.24) is 10.6 Å². The van der Waals surface area contributed by atoms with Gasteiger partial charge in [-0.15, -0.1) is 0 Å². The summed E-state index contributed by atoms with van der Waals surface area (Å²) in [6, 6.07) is -3.88. The first-order chi connectivity index (χ1) is 11.0. The molecule has 5 N–H and O–H groups in total. The molecule has 0 fully saturated rings. The van der Waals surface area contributed by atoms with Crippen molar-refractivity contribution in [2.24, 2.45) is 5.92 Å². The van der Waals surface area contributed by atoms with Crippen LogP contribution in [0.25, 0.3) is 0 Å². The predicted molar refractivity (Wildman–Crippen MR) is 80.5 cm³/mol. The van der Waals surface area contributed by atoms with Crippen LogP contribution in [-0.4, -0.2) is 57.1 Å². The second kappa shape index (κ2) is 10.2. The molecule has 1 unspecified atom stereocenters. The van der Waals surface area contributed by atoms with Gasteiger partial charge in [-0.25, -0.2) is 14.4 Å². The van der Waals surface area contributed by atoms with Crippen LogP contribution in [0.2, 0.25) is 0 Å². The standard InChI is InChI=1S/C14H22N2O8/c1-7(2)10(17)5-3-8(12(20)21)15-14(24)16-9(13(22)23)4-6-11(18)19/h7-9H,3-6H2,1-2H3,(H,18,19)(H,20,21)(H,22,23)(H2,15,16,24)/t8-,9?/m1/s1. The molecule has 0 aromatic rings. The Morgan fingerprint density at radius 3 is 1.54 bits per heavy atom. The van der Waals surface area contributed by atoms with Crippen molar-refractivity contribution in [3.63, 3.8) is 0 Å². The number of carboxylic acid groups (broad SMARTS) is 3. The monoisotopic (exact) mass is 346 g/mol. The molecule has 2 atom stereocenters. The summed E-state index contributed by atoms with van der Waals surface area (Å²) in [5, 5.41) is 30.6. The summed E-state index contributed by atoms with van der Waals surface area (Å²) >= 11 is 0. The number of ketones is 1. The molecular weight excluding hydrogens is 324 g/mol. The maximum atomic E-state index is 11.7. The number of carbonyl (C=O) groups excluding carboxylic acids is 2. The molecule has 0 aliphatic carbocycles. The average molecular weight is 346 g/mol. The number of carbonyl (C=O) groups is 5. The van der Waals surface area contributed by atoms with Crippen molar-refractivity contribution < 1.29 is 39.3 Å². The van der Waals surface area contributed by atoms with Crippen molar-refractivity contribution in [2.75, 3.05) is 0 Å². The van der Waals surface area contributed by atoms with E-state index in [1.54, 1.807) is 13.8 Å². The summed E-state index contributed by atoms with van der Waals surface area (Å²) in [6.07, 6.45) is -0.993. The first-order valence-electron chi connectivity index (χ1n) is 7.31. The molecule has 0 aromatic carbocycles. The van der Waals surface area contributed by atoms with Gasteiger partial charge in [0.15, 0.2) is 0 Å². The van der Waals surface area contributed by atoms with Gasteiger partial charge in [0.25, 0.3) is 0 Å². The van der Waals surface area contributed by atoms with Gasteiger partial charge < -0.3 is 26.0 Å². The Morgan fingerprint density at radius 2 is 1.21 bits per heavy atom. The van der Waals surface area contributed by atoms with Crippen LogP contribution >= 0.6 is 0 Å². The Hall–Kier alpha value is -2.65. The molecule has 10 nitrogen and oxygen atoms in total. The molecule has 0 spiro atoms. The zero-order valence-corrected chi connectivity index (χ0v) is 13.4. The zero-order chi connectivity index (χ0) is 18.9. The molecule has 2 amide bonds. The summed E-state index contributed by atoms with van der Waals surface area (Å²) < 4.78 is 0.